The van der Waals surface area contributed by atoms with Gasteiger partial charge in [0.15, 0.2) is 0 Å². The van der Waals surface area contributed by atoms with Gasteiger partial charge < -0.3 is 28.9 Å². The van der Waals surface area contributed by atoms with Gasteiger partial charge in [0.05, 0.1) is 41.6 Å². The number of likely N-dealkylation sites (tertiary alicyclic amines) is 2. The lowest BCUT2D eigenvalue weighted by Crippen LogP contribution is -2.40. The highest BCUT2D eigenvalue weighted by Crippen LogP contribution is 2.44. The molecule has 3 aliphatic heterocycles. The number of nitrogens with one attached hydrogen (secondary N) is 2. The molecule has 0 bridgehead atoms. The molecule has 2 saturated heterocycles. The number of nitrogens with zero attached hydrogens (tertiary/aromatic N) is 4. The van der Waals surface area contributed by atoms with Crippen LogP contribution in [0.1, 0.15) is 97.0 Å². The van der Waals surface area contributed by atoms with Crippen molar-refractivity contribution < 1.29 is 28.5 Å². The number of ether oxygens (including phenoxy) is 4. The predicted octanol–water partition coefficient (Wildman–Crippen LogP) is 9.07. The van der Waals surface area contributed by atoms with Crippen LogP contribution < -0.4 is 4.74 Å². The Hall–Kier alpha value is -5.10. The second-order valence-electron chi connectivity index (χ2n) is 17.0. The number of hydrogen-bond donors (Lipinski definition) is 2. The van der Waals surface area contributed by atoms with Gasteiger partial charge in [-0.15, -0.1) is 0 Å². The number of benzene rings is 3. The first-order chi connectivity index (χ1) is 25.7. The van der Waals surface area contributed by atoms with Gasteiger partial charge in [-0.25, -0.2) is 19.6 Å². The fraction of sp³-hybridized carbons (Fsp3) is 0.476. The highest BCUT2D eigenvalue weighted by Gasteiger charge is 2.41. The molecule has 4 atom stereocenters. The third-order valence-corrected chi connectivity index (χ3v) is 10.6. The Balaban J connectivity index is 1.07. The number of aromatic amines is 2. The summed E-state index contributed by atoms with van der Waals surface area (Å²) in [5.41, 5.74) is 5.68. The van der Waals surface area contributed by atoms with Crippen molar-refractivity contribution in [3.05, 3.63) is 65.9 Å². The average Bonchev–Trinajstić information content (AvgIpc) is 3.91. The van der Waals surface area contributed by atoms with Gasteiger partial charge in [-0.05, 0) is 114 Å². The van der Waals surface area contributed by atoms with Crippen LogP contribution in [0.2, 0.25) is 0 Å². The summed E-state index contributed by atoms with van der Waals surface area (Å²) < 4.78 is 23.4. The van der Waals surface area contributed by atoms with E-state index >= 15 is 0 Å². The number of methoxy groups -OCH3 is 1. The van der Waals surface area contributed by atoms with Crippen molar-refractivity contribution in [2.45, 2.75) is 104 Å². The van der Waals surface area contributed by atoms with Crippen LogP contribution in [0.5, 0.6) is 5.75 Å². The largest absolute Gasteiger partial charge is 0.488 e. The lowest BCUT2D eigenvalue weighted by Gasteiger charge is -2.30. The minimum atomic E-state index is -0.603. The number of fused-ring (bicyclic) bond motifs is 6. The van der Waals surface area contributed by atoms with Crippen LogP contribution in [-0.4, -0.2) is 79.4 Å². The molecule has 8 rings (SSSR count). The molecule has 3 aliphatic rings. The number of carbonyl (C=O) groups is 2. The van der Waals surface area contributed by atoms with Crippen LogP contribution in [0, 0.1) is 5.92 Å². The Morgan fingerprint density at radius 3 is 2.44 bits per heavy atom. The summed E-state index contributed by atoms with van der Waals surface area (Å²) in [6.45, 7) is 14.9. The van der Waals surface area contributed by atoms with Gasteiger partial charge in [0.2, 0.25) is 0 Å². The van der Waals surface area contributed by atoms with E-state index in [4.69, 9.17) is 28.9 Å². The molecule has 2 N–H and O–H groups in total. The molecule has 54 heavy (non-hydrogen) atoms. The lowest BCUT2D eigenvalue weighted by molar-refractivity contribution is 0.0150. The highest BCUT2D eigenvalue weighted by molar-refractivity contribution is 6.07. The fourth-order valence-corrected chi connectivity index (χ4v) is 8.22. The van der Waals surface area contributed by atoms with Crippen LogP contribution in [0.25, 0.3) is 44.2 Å². The standard InChI is InChI=1S/C42H50N6O6/c1-23-9-14-33(48(23)40(50)54-42(5,6)7)37-43-19-32(45-37)26-10-12-28-27(16-26)22-52-35-18-29-25(17-30(28)35)11-13-31-36(29)46-38(44-31)34-15-24(21-51-8)20-47(34)39(49)53-41(2,3)4/h10-13,16-19,23-24,33-34H,9,14-15,20-22H2,1-8H3,(H,43,45)(H,44,46). The Kier molecular flexibility index (Phi) is 8.86. The molecule has 0 saturated carbocycles. The van der Waals surface area contributed by atoms with Gasteiger partial charge in [0.25, 0.3) is 0 Å². The minimum absolute atomic E-state index is 0.0669. The maximum absolute atomic E-state index is 13.3. The maximum atomic E-state index is 13.3. The fourth-order valence-electron chi connectivity index (χ4n) is 8.22. The molecule has 5 aromatic rings. The summed E-state index contributed by atoms with van der Waals surface area (Å²) in [5, 5.41) is 2.03. The van der Waals surface area contributed by atoms with Crippen molar-refractivity contribution in [2.75, 3.05) is 20.3 Å². The molecule has 0 aliphatic carbocycles. The van der Waals surface area contributed by atoms with Crippen molar-refractivity contribution in [3.8, 4) is 28.1 Å². The van der Waals surface area contributed by atoms with Gasteiger partial charge >= 0.3 is 12.2 Å². The van der Waals surface area contributed by atoms with Crippen LogP contribution in [0.15, 0.2) is 48.7 Å². The highest BCUT2D eigenvalue weighted by atomic mass is 16.6. The second kappa shape index (κ2) is 13.3. The van der Waals surface area contributed by atoms with Gasteiger partial charge in [-0.3, -0.25) is 9.80 Å². The van der Waals surface area contributed by atoms with Gasteiger partial charge in [0.1, 0.15) is 35.2 Å². The Bertz CT molecular complexity index is 2250. The Labute approximate surface area is 315 Å². The predicted molar refractivity (Wildman–Crippen MR) is 206 cm³/mol. The van der Waals surface area contributed by atoms with Crippen molar-refractivity contribution in [1.29, 1.82) is 0 Å². The average molecular weight is 735 g/mol. The van der Waals surface area contributed by atoms with Crippen LogP contribution in [0.4, 0.5) is 9.59 Å². The molecule has 3 aromatic carbocycles. The number of hydrogen-bond acceptors (Lipinski definition) is 8. The molecule has 2 aromatic heterocycles. The zero-order chi connectivity index (χ0) is 38.1. The Morgan fingerprint density at radius 1 is 0.907 bits per heavy atom. The Morgan fingerprint density at radius 2 is 1.69 bits per heavy atom. The smallest absolute Gasteiger partial charge is 0.411 e. The number of imidazole rings is 2. The summed E-state index contributed by atoms with van der Waals surface area (Å²) in [4.78, 5) is 46.9. The van der Waals surface area contributed by atoms with Crippen LogP contribution in [0.3, 0.4) is 0 Å². The zero-order valence-electron chi connectivity index (χ0n) is 32.4. The molecule has 284 valence electrons. The molecule has 5 heterocycles. The van der Waals surface area contributed by atoms with E-state index < -0.39 is 11.2 Å². The number of rotatable bonds is 5. The molecule has 0 spiro atoms. The number of amides is 2. The van der Waals surface area contributed by atoms with E-state index in [2.05, 4.69) is 59.4 Å². The molecule has 2 fully saturated rings. The van der Waals surface area contributed by atoms with E-state index in [-0.39, 0.29) is 36.2 Å². The molecule has 4 unspecified atom stereocenters. The van der Waals surface area contributed by atoms with Crippen molar-refractivity contribution in [2.24, 2.45) is 5.92 Å². The van der Waals surface area contributed by atoms with E-state index in [1.54, 1.807) is 12.0 Å². The van der Waals surface area contributed by atoms with Crippen molar-refractivity contribution >= 4 is 34.0 Å². The van der Waals surface area contributed by atoms with Crippen LogP contribution in [-0.2, 0) is 20.8 Å². The molecule has 2 amide bonds. The molecule has 12 heteroatoms. The first kappa shape index (κ1) is 35.9. The van der Waals surface area contributed by atoms with Crippen molar-refractivity contribution in [3.63, 3.8) is 0 Å². The number of aromatic nitrogens is 4. The topological polar surface area (TPSA) is 135 Å². The van der Waals surface area contributed by atoms with Gasteiger partial charge in [-0.2, -0.15) is 0 Å². The van der Waals surface area contributed by atoms with E-state index in [1.807, 2.05) is 52.6 Å². The summed E-state index contributed by atoms with van der Waals surface area (Å²) in [5.74, 6) is 2.48. The van der Waals surface area contributed by atoms with E-state index in [1.165, 1.54) is 0 Å². The number of carbonyl (C=O) groups excluding carboxylic acids is 2. The third kappa shape index (κ3) is 6.76. The minimum Gasteiger partial charge on any atom is -0.488 e. The summed E-state index contributed by atoms with van der Waals surface area (Å²) in [6, 6.07) is 14.5. The normalized spacial score (nSPS) is 21.3. The summed E-state index contributed by atoms with van der Waals surface area (Å²) >= 11 is 0. The first-order valence-corrected chi connectivity index (χ1v) is 18.9. The third-order valence-electron chi connectivity index (χ3n) is 10.6. The maximum Gasteiger partial charge on any atom is 0.411 e. The molecule has 0 radical (unpaired) electrons. The quantitative estimate of drug-likeness (QED) is 0.183. The van der Waals surface area contributed by atoms with Gasteiger partial charge in [-0.1, -0.05) is 18.2 Å². The lowest BCUT2D eigenvalue weighted by atomic mass is 9.92. The zero-order valence-corrected chi connectivity index (χ0v) is 32.4. The van der Waals surface area contributed by atoms with Gasteiger partial charge in [0, 0.05) is 36.6 Å². The van der Waals surface area contributed by atoms with E-state index in [9.17, 15) is 9.59 Å². The first-order valence-electron chi connectivity index (χ1n) is 18.9. The molecular weight excluding hydrogens is 684 g/mol. The summed E-state index contributed by atoms with van der Waals surface area (Å²) in [6.07, 6.45) is 3.63. The summed E-state index contributed by atoms with van der Waals surface area (Å²) in [7, 11) is 1.69. The number of H-pyrrole nitrogens is 2. The second-order valence-corrected chi connectivity index (χ2v) is 17.0. The van der Waals surface area contributed by atoms with Crippen molar-refractivity contribution in [1.82, 2.24) is 29.7 Å². The molecule has 12 nitrogen and oxygen atoms in total. The SMILES string of the molecule is COCC1CC(c2nc3c(ccc4cc5c(cc43)OCc3cc(-c4cnc(C6CCC(C)N6C(=O)OC(C)(C)C)[nH]4)ccc3-5)[nH]2)N(C(=O)OC(C)(C)C)C1. The van der Waals surface area contributed by atoms with E-state index in [0.29, 0.717) is 19.8 Å². The monoisotopic (exact) mass is 734 g/mol. The van der Waals surface area contributed by atoms with E-state index in [0.717, 1.165) is 86.4 Å². The molecular formula is C42H50N6O6. The van der Waals surface area contributed by atoms with Crippen LogP contribution >= 0.6 is 0 Å².